The van der Waals surface area contributed by atoms with Crippen molar-refractivity contribution < 1.29 is 39.2 Å². The Labute approximate surface area is 248 Å². The summed E-state index contributed by atoms with van der Waals surface area (Å²) in [4.78, 5) is 36.8. The van der Waals surface area contributed by atoms with E-state index in [2.05, 4.69) is 5.32 Å². The first-order chi connectivity index (χ1) is 20.1. The molecule has 3 aromatic rings. The van der Waals surface area contributed by atoms with Gasteiger partial charge in [-0.3, -0.25) is 9.59 Å². The number of carbonyl (C=O) groups is 3. The number of methoxy groups -OCH3 is 1. The largest absolute Gasteiger partial charge is 0.466 e. The smallest absolute Gasteiger partial charge is 0.349 e. The number of ketones is 1. The average molecular weight is 594 g/mol. The molecular formula is C32H35NO8S. The number of carbonyl (C=O) groups excluding carboxylic acids is 3. The number of aliphatic hydroxyl groups excluding tert-OH is 3. The highest BCUT2D eigenvalue weighted by molar-refractivity contribution is 8.01. The SMILES string of the molecule is COC(=O)[C@]1(Sc2ccccc2)C[C@@H](O)[C@@H](NC(C)=O)C([C@H](O)[C@H](O)CCC(=O)c2ccc(-c3ccccc3)cc2)O1. The van der Waals surface area contributed by atoms with Crippen LogP contribution in [0.15, 0.2) is 89.8 Å². The minimum absolute atomic E-state index is 0.0795. The number of nitrogens with one attached hydrogen (secondary N) is 1. The lowest BCUT2D eigenvalue weighted by atomic mass is 9.88. The van der Waals surface area contributed by atoms with Crippen LogP contribution in [0, 0.1) is 0 Å². The van der Waals surface area contributed by atoms with Crippen LogP contribution in [-0.2, 0) is 19.1 Å². The van der Waals surface area contributed by atoms with E-state index in [-0.39, 0.29) is 25.0 Å². The standard InChI is InChI=1S/C32H35NO8S/c1-20(34)33-28-27(37)19-32(31(39)40-2,42-24-11-7-4-8-12-24)41-30(28)29(38)26(36)18-17-25(35)23-15-13-22(14-16-23)21-9-5-3-6-10-21/h3-16,26-30,36-38H,17-19H2,1-2H3,(H,33,34)/t26-,27-,28-,29-,30?,32-/m1/s1. The van der Waals surface area contributed by atoms with Crippen LogP contribution in [0.3, 0.4) is 0 Å². The fourth-order valence-corrected chi connectivity index (χ4v) is 6.28. The first-order valence-corrected chi connectivity index (χ1v) is 14.5. The van der Waals surface area contributed by atoms with Crippen molar-refractivity contribution in [3.8, 4) is 11.1 Å². The molecule has 222 valence electrons. The van der Waals surface area contributed by atoms with Gasteiger partial charge in [0.15, 0.2) is 5.78 Å². The van der Waals surface area contributed by atoms with Crippen molar-refractivity contribution in [1.29, 1.82) is 0 Å². The van der Waals surface area contributed by atoms with Crippen molar-refractivity contribution in [2.75, 3.05) is 7.11 Å². The molecule has 0 aliphatic carbocycles. The number of aliphatic hydroxyl groups is 3. The van der Waals surface area contributed by atoms with Gasteiger partial charge in [0, 0.05) is 30.2 Å². The van der Waals surface area contributed by atoms with E-state index in [9.17, 15) is 29.7 Å². The van der Waals surface area contributed by atoms with Gasteiger partial charge in [-0.2, -0.15) is 0 Å². The molecule has 0 spiro atoms. The second-order valence-corrected chi connectivity index (χ2v) is 11.5. The molecule has 6 atom stereocenters. The maximum Gasteiger partial charge on any atom is 0.349 e. The number of hydrogen-bond donors (Lipinski definition) is 4. The molecule has 0 saturated carbocycles. The number of esters is 1. The van der Waals surface area contributed by atoms with Crippen molar-refractivity contribution in [1.82, 2.24) is 5.32 Å². The fourth-order valence-electron chi connectivity index (χ4n) is 5.02. The lowest BCUT2D eigenvalue weighted by Gasteiger charge is -2.47. The van der Waals surface area contributed by atoms with Crippen LogP contribution < -0.4 is 5.32 Å². The van der Waals surface area contributed by atoms with E-state index in [4.69, 9.17) is 9.47 Å². The first-order valence-electron chi connectivity index (χ1n) is 13.6. The number of benzene rings is 3. The van der Waals surface area contributed by atoms with Gasteiger partial charge in [0.05, 0.1) is 25.4 Å². The summed E-state index contributed by atoms with van der Waals surface area (Å²) < 4.78 is 11.2. The van der Waals surface area contributed by atoms with E-state index in [0.29, 0.717) is 10.5 Å². The predicted molar refractivity (Wildman–Crippen MR) is 158 cm³/mol. The van der Waals surface area contributed by atoms with E-state index >= 15 is 0 Å². The minimum Gasteiger partial charge on any atom is -0.466 e. The van der Waals surface area contributed by atoms with Gasteiger partial charge < -0.3 is 30.1 Å². The molecule has 1 aliphatic heterocycles. The third kappa shape index (κ3) is 7.45. The molecule has 1 amide bonds. The van der Waals surface area contributed by atoms with Crippen molar-refractivity contribution in [3.05, 3.63) is 90.5 Å². The Kier molecular flexibility index (Phi) is 10.5. The normalized spacial score (nSPS) is 23.4. The zero-order chi connectivity index (χ0) is 30.3. The summed E-state index contributed by atoms with van der Waals surface area (Å²) in [5.74, 6) is -1.52. The van der Waals surface area contributed by atoms with Gasteiger partial charge in [-0.05, 0) is 29.7 Å². The predicted octanol–water partition coefficient (Wildman–Crippen LogP) is 3.35. The maximum atomic E-state index is 13.0. The molecule has 1 unspecified atom stereocenters. The Hall–Kier alpha value is -3.54. The molecule has 1 aliphatic rings. The molecular weight excluding hydrogens is 558 g/mol. The zero-order valence-electron chi connectivity index (χ0n) is 23.4. The third-order valence-corrected chi connectivity index (χ3v) is 8.44. The lowest BCUT2D eigenvalue weighted by Crippen LogP contribution is -2.66. The van der Waals surface area contributed by atoms with Gasteiger partial charge in [-0.15, -0.1) is 0 Å². The summed E-state index contributed by atoms with van der Waals surface area (Å²) in [7, 11) is 1.18. The van der Waals surface area contributed by atoms with E-state index in [1.165, 1.54) is 14.0 Å². The summed E-state index contributed by atoms with van der Waals surface area (Å²) in [6.45, 7) is 1.25. The van der Waals surface area contributed by atoms with Gasteiger partial charge >= 0.3 is 5.97 Å². The van der Waals surface area contributed by atoms with Crippen molar-refractivity contribution in [3.63, 3.8) is 0 Å². The zero-order valence-corrected chi connectivity index (χ0v) is 24.2. The molecule has 0 bridgehead atoms. The molecule has 4 N–H and O–H groups in total. The molecule has 1 saturated heterocycles. The number of thioether (sulfide) groups is 1. The molecule has 1 fully saturated rings. The van der Waals surface area contributed by atoms with Crippen LogP contribution in [0.1, 0.15) is 36.5 Å². The summed E-state index contributed by atoms with van der Waals surface area (Å²) in [6.07, 6.45) is -6.31. The second kappa shape index (κ2) is 14.1. The number of rotatable bonds is 11. The maximum absolute atomic E-state index is 13.0. The Morgan fingerprint density at radius 2 is 1.57 bits per heavy atom. The second-order valence-electron chi connectivity index (χ2n) is 10.2. The topological polar surface area (TPSA) is 142 Å². The van der Waals surface area contributed by atoms with Crippen molar-refractivity contribution in [2.45, 2.75) is 66.5 Å². The monoisotopic (exact) mass is 593 g/mol. The van der Waals surface area contributed by atoms with Gasteiger partial charge in [-0.1, -0.05) is 84.6 Å². The average Bonchev–Trinajstić information content (AvgIpc) is 3.01. The van der Waals surface area contributed by atoms with Crippen molar-refractivity contribution >= 4 is 29.4 Å². The number of hydrogen-bond acceptors (Lipinski definition) is 9. The summed E-state index contributed by atoms with van der Waals surface area (Å²) in [5.41, 5.74) is 2.44. The number of amides is 1. The summed E-state index contributed by atoms with van der Waals surface area (Å²) in [6, 6.07) is 24.6. The Balaban J connectivity index is 1.49. The Morgan fingerprint density at radius 3 is 2.17 bits per heavy atom. The van der Waals surface area contributed by atoms with Crippen LogP contribution in [0.25, 0.3) is 11.1 Å². The minimum atomic E-state index is -1.77. The molecule has 3 aromatic carbocycles. The molecule has 0 aromatic heterocycles. The van der Waals surface area contributed by atoms with E-state index < -0.39 is 47.3 Å². The number of Topliss-reactive ketones (excluding diaryl/α,β-unsaturated/α-hetero) is 1. The molecule has 10 heteroatoms. The van der Waals surface area contributed by atoms with Crippen molar-refractivity contribution in [2.24, 2.45) is 0 Å². The van der Waals surface area contributed by atoms with Crippen LogP contribution in [0.2, 0.25) is 0 Å². The highest BCUT2D eigenvalue weighted by atomic mass is 32.2. The third-order valence-electron chi connectivity index (χ3n) is 7.18. The van der Waals surface area contributed by atoms with Gasteiger partial charge in [0.25, 0.3) is 0 Å². The molecule has 0 radical (unpaired) electrons. The molecule has 42 heavy (non-hydrogen) atoms. The number of ether oxygens (including phenoxy) is 2. The first kappa shape index (κ1) is 31.4. The summed E-state index contributed by atoms with van der Waals surface area (Å²) >= 11 is 1.00. The fraction of sp³-hybridized carbons (Fsp3) is 0.344. The van der Waals surface area contributed by atoms with E-state index in [1.54, 1.807) is 42.5 Å². The van der Waals surface area contributed by atoms with E-state index in [0.717, 1.165) is 22.9 Å². The van der Waals surface area contributed by atoms with Crippen LogP contribution in [0.5, 0.6) is 0 Å². The highest BCUT2D eigenvalue weighted by Gasteiger charge is 2.55. The molecule has 9 nitrogen and oxygen atoms in total. The Bertz CT molecular complexity index is 1350. The molecule has 4 rings (SSSR count). The van der Waals surface area contributed by atoms with Gasteiger partial charge in [0.1, 0.15) is 12.2 Å². The van der Waals surface area contributed by atoms with Gasteiger partial charge in [0.2, 0.25) is 10.8 Å². The lowest BCUT2D eigenvalue weighted by molar-refractivity contribution is -0.205. The highest BCUT2D eigenvalue weighted by Crippen LogP contribution is 2.44. The van der Waals surface area contributed by atoms with Crippen LogP contribution in [0.4, 0.5) is 0 Å². The quantitative estimate of drug-likeness (QED) is 0.194. The van der Waals surface area contributed by atoms with Crippen LogP contribution in [-0.4, -0.2) is 75.5 Å². The van der Waals surface area contributed by atoms with Crippen LogP contribution >= 0.6 is 11.8 Å². The Morgan fingerprint density at radius 1 is 0.976 bits per heavy atom. The molecule has 1 heterocycles. The van der Waals surface area contributed by atoms with Gasteiger partial charge in [-0.25, -0.2) is 4.79 Å². The summed E-state index contributed by atoms with van der Waals surface area (Å²) in [5, 5.41) is 35.8. The van der Waals surface area contributed by atoms with E-state index in [1.807, 2.05) is 42.5 Å².